The molecule has 1 aliphatic rings. The zero-order valence-corrected chi connectivity index (χ0v) is 11.3. The number of hydrogen-bond donors (Lipinski definition) is 1. The molecular weight excluding hydrogens is 254 g/mol. The normalized spacial score (nSPS) is 19.5. The highest BCUT2D eigenvalue weighted by molar-refractivity contribution is 8.00. The van der Waals surface area contributed by atoms with Crippen LogP contribution in [0.3, 0.4) is 0 Å². The van der Waals surface area contributed by atoms with Gasteiger partial charge in [-0.1, -0.05) is 25.6 Å². The minimum atomic E-state index is -0.173. The molecular formula is C10H17N5O2S. The number of aromatic nitrogens is 4. The summed E-state index contributed by atoms with van der Waals surface area (Å²) in [4.78, 5) is 11.4. The van der Waals surface area contributed by atoms with E-state index in [9.17, 15) is 4.79 Å². The summed E-state index contributed by atoms with van der Waals surface area (Å²) in [6.45, 7) is 6.15. The molecule has 0 aliphatic carbocycles. The van der Waals surface area contributed by atoms with Crippen LogP contribution in [0.2, 0.25) is 0 Å². The minimum absolute atomic E-state index is 0.171. The fourth-order valence-electron chi connectivity index (χ4n) is 1.59. The number of ether oxygens (including phenoxy) is 1. The van der Waals surface area contributed by atoms with Gasteiger partial charge in [0.15, 0.2) is 0 Å². The number of esters is 1. The lowest BCUT2D eigenvalue weighted by Gasteiger charge is -2.09. The van der Waals surface area contributed by atoms with Crippen molar-refractivity contribution in [1.29, 1.82) is 0 Å². The zero-order valence-electron chi connectivity index (χ0n) is 10.5. The Balaban J connectivity index is 1.89. The van der Waals surface area contributed by atoms with E-state index >= 15 is 0 Å². The van der Waals surface area contributed by atoms with Gasteiger partial charge in [0.1, 0.15) is 5.25 Å². The number of nitrogens with zero attached hydrogens (tertiary/aromatic N) is 4. The maximum atomic E-state index is 11.4. The summed E-state index contributed by atoms with van der Waals surface area (Å²) in [5.74, 6) is -0.171. The topological polar surface area (TPSA) is 81.9 Å². The molecule has 0 bridgehead atoms. The molecule has 1 N–H and O–H groups in total. The molecule has 1 atom stereocenters. The van der Waals surface area contributed by atoms with Gasteiger partial charge in [0.2, 0.25) is 5.16 Å². The maximum absolute atomic E-state index is 11.4. The molecule has 1 aliphatic heterocycles. The Morgan fingerprint density at radius 3 is 3.11 bits per heavy atom. The highest BCUT2D eigenvalue weighted by Crippen LogP contribution is 2.27. The molecule has 1 aromatic rings. The summed E-state index contributed by atoms with van der Waals surface area (Å²) in [5, 5.41) is 15.3. The number of carbonyl (C=O) groups is 1. The summed E-state index contributed by atoms with van der Waals surface area (Å²) >= 11 is 1.38. The van der Waals surface area contributed by atoms with E-state index in [1.165, 1.54) is 11.8 Å². The summed E-state index contributed by atoms with van der Waals surface area (Å²) < 4.78 is 6.63. The first-order chi connectivity index (χ1) is 8.66. The monoisotopic (exact) mass is 271 g/mol. The molecule has 8 heteroatoms. The molecule has 0 amide bonds. The van der Waals surface area contributed by atoms with Crippen LogP contribution in [0.25, 0.3) is 0 Å². The first-order valence-corrected chi connectivity index (χ1v) is 6.87. The molecule has 1 unspecified atom stereocenters. The number of tetrazole rings is 1. The van der Waals surface area contributed by atoms with Crippen molar-refractivity contribution in [2.45, 2.75) is 43.3 Å². The highest BCUT2D eigenvalue weighted by Gasteiger charge is 2.29. The van der Waals surface area contributed by atoms with Crippen LogP contribution >= 0.6 is 11.8 Å². The molecule has 18 heavy (non-hydrogen) atoms. The van der Waals surface area contributed by atoms with Crippen molar-refractivity contribution in [3.05, 3.63) is 0 Å². The quantitative estimate of drug-likeness (QED) is 0.734. The van der Waals surface area contributed by atoms with E-state index in [2.05, 4.69) is 34.7 Å². The van der Waals surface area contributed by atoms with Gasteiger partial charge in [0.05, 0.1) is 13.2 Å². The fraction of sp³-hybridized carbons (Fsp3) is 0.800. The van der Waals surface area contributed by atoms with Gasteiger partial charge in [-0.2, -0.15) is 0 Å². The lowest BCUT2D eigenvalue weighted by molar-refractivity contribution is -0.137. The molecule has 0 spiro atoms. The smallest absolute Gasteiger partial charge is 0.319 e. The van der Waals surface area contributed by atoms with E-state index < -0.39 is 0 Å². The van der Waals surface area contributed by atoms with Crippen LogP contribution in [-0.2, 0) is 16.1 Å². The average Bonchev–Trinajstić information content (AvgIpc) is 2.90. The molecule has 0 radical (unpaired) electrons. The van der Waals surface area contributed by atoms with Crippen LogP contribution in [-0.4, -0.2) is 50.6 Å². The Morgan fingerprint density at radius 2 is 2.44 bits per heavy atom. The van der Waals surface area contributed by atoms with E-state index in [-0.39, 0.29) is 11.2 Å². The highest BCUT2D eigenvalue weighted by atomic mass is 32.2. The van der Waals surface area contributed by atoms with Gasteiger partial charge in [-0.05, 0) is 10.4 Å². The van der Waals surface area contributed by atoms with Gasteiger partial charge in [0.25, 0.3) is 0 Å². The first kappa shape index (κ1) is 13.3. The third-order valence-electron chi connectivity index (χ3n) is 2.51. The largest absolute Gasteiger partial charge is 0.465 e. The Morgan fingerprint density at radius 1 is 1.61 bits per heavy atom. The van der Waals surface area contributed by atoms with Crippen LogP contribution in [0, 0.1) is 0 Å². The first-order valence-electron chi connectivity index (χ1n) is 5.99. The van der Waals surface area contributed by atoms with Crippen molar-refractivity contribution in [2.24, 2.45) is 0 Å². The lowest BCUT2D eigenvalue weighted by Crippen LogP contribution is -2.27. The van der Waals surface area contributed by atoms with Crippen LogP contribution in [0.5, 0.6) is 0 Å². The van der Waals surface area contributed by atoms with Crippen molar-refractivity contribution in [2.75, 3.05) is 13.2 Å². The Kier molecular flexibility index (Phi) is 4.54. The van der Waals surface area contributed by atoms with Gasteiger partial charge in [-0.3, -0.25) is 4.79 Å². The standard InChI is InChI=1S/C10H17N5O2S/c1-7(2)11-4-5-15-10(12-13-14-15)18-8-3-6-17-9(8)16/h7-8,11H,3-6H2,1-2H3. The van der Waals surface area contributed by atoms with E-state index in [0.717, 1.165) is 13.0 Å². The molecule has 1 saturated heterocycles. The van der Waals surface area contributed by atoms with Gasteiger partial charge >= 0.3 is 5.97 Å². The van der Waals surface area contributed by atoms with Gasteiger partial charge < -0.3 is 10.1 Å². The summed E-state index contributed by atoms with van der Waals surface area (Å²) in [5.41, 5.74) is 0. The van der Waals surface area contributed by atoms with Gasteiger partial charge in [-0.25, -0.2) is 4.68 Å². The molecule has 0 aromatic carbocycles. The number of cyclic esters (lactones) is 1. The van der Waals surface area contributed by atoms with Crippen LogP contribution in [0.15, 0.2) is 5.16 Å². The zero-order chi connectivity index (χ0) is 13.0. The Labute approximate surface area is 110 Å². The number of rotatable bonds is 6. The van der Waals surface area contributed by atoms with E-state index in [4.69, 9.17) is 4.74 Å². The fourth-order valence-corrected chi connectivity index (χ4v) is 2.56. The molecule has 2 rings (SSSR count). The number of hydrogen-bond acceptors (Lipinski definition) is 7. The van der Waals surface area contributed by atoms with E-state index in [0.29, 0.717) is 24.3 Å². The van der Waals surface area contributed by atoms with E-state index in [1.807, 2.05) is 0 Å². The lowest BCUT2D eigenvalue weighted by atomic mass is 10.4. The Hall–Kier alpha value is -1.15. The Bertz CT molecular complexity index is 409. The summed E-state index contributed by atoms with van der Waals surface area (Å²) in [7, 11) is 0. The summed E-state index contributed by atoms with van der Waals surface area (Å²) in [6.07, 6.45) is 0.723. The second-order valence-corrected chi connectivity index (χ2v) is 5.53. The summed E-state index contributed by atoms with van der Waals surface area (Å²) in [6, 6.07) is 0.433. The van der Waals surface area contributed by atoms with Crippen molar-refractivity contribution in [1.82, 2.24) is 25.5 Å². The maximum Gasteiger partial charge on any atom is 0.319 e. The number of nitrogens with one attached hydrogen (secondary N) is 1. The predicted octanol–water partition coefficient (Wildman–Crippen LogP) is 0.0787. The molecule has 2 heterocycles. The minimum Gasteiger partial charge on any atom is -0.465 e. The predicted molar refractivity (Wildman–Crippen MR) is 66.2 cm³/mol. The van der Waals surface area contributed by atoms with Crippen LogP contribution < -0.4 is 5.32 Å². The third-order valence-corrected chi connectivity index (χ3v) is 3.73. The number of thioether (sulfide) groups is 1. The average molecular weight is 271 g/mol. The molecule has 7 nitrogen and oxygen atoms in total. The molecule has 1 fully saturated rings. The number of carbonyl (C=O) groups excluding carboxylic acids is 1. The van der Waals surface area contributed by atoms with Crippen molar-refractivity contribution in [3.63, 3.8) is 0 Å². The van der Waals surface area contributed by atoms with Crippen molar-refractivity contribution < 1.29 is 9.53 Å². The van der Waals surface area contributed by atoms with E-state index in [1.54, 1.807) is 4.68 Å². The van der Waals surface area contributed by atoms with Crippen molar-refractivity contribution in [3.8, 4) is 0 Å². The van der Waals surface area contributed by atoms with Gasteiger partial charge in [0, 0.05) is 19.0 Å². The second kappa shape index (κ2) is 6.14. The molecule has 1 aromatic heterocycles. The SMILES string of the molecule is CC(C)NCCn1nnnc1SC1CCOC1=O. The van der Waals surface area contributed by atoms with Crippen molar-refractivity contribution >= 4 is 17.7 Å². The van der Waals surface area contributed by atoms with Crippen LogP contribution in [0.1, 0.15) is 20.3 Å². The second-order valence-electron chi connectivity index (χ2n) is 4.36. The van der Waals surface area contributed by atoms with Crippen LogP contribution in [0.4, 0.5) is 0 Å². The third kappa shape index (κ3) is 3.42. The molecule has 100 valence electrons. The van der Waals surface area contributed by atoms with Gasteiger partial charge in [-0.15, -0.1) is 5.10 Å². The molecule has 0 saturated carbocycles.